The Morgan fingerprint density at radius 2 is 2.00 bits per heavy atom. The van der Waals surface area contributed by atoms with E-state index in [4.69, 9.17) is 15.5 Å². The van der Waals surface area contributed by atoms with E-state index in [9.17, 15) is 9.59 Å². The molecule has 6 heteroatoms. The molecular formula is C18H21N3O3. The lowest BCUT2D eigenvalue weighted by molar-refractivity contribution is -0.136. The summed E-state index contributed by atoms with van der Waals surface area (Å²) in [5, 5.41) is 0.905. The third-order valence-electron chi connectivity index (χ3n) is 4.52. The van der Waals surface area contributed by atoms with Crippen molar-refractivity contribution in [3.63, 3.8) is 0 Å². The van der Waals surface area contributed by atoms with Crippen LogP contribution in [0.4, 0.5) is 0 Å². The molecule has 2 N–H and O–H groups in total. The zero-order chi connectivity index (χ0) is 17.1. The highest BCUT2D eigenvalue weighted by Crippen LogP contribution is 2.31. The normalized spacial score (nSPS) is 15.6. The minimum absolute atomic E-state index is 0.00227. The van der Waals surface area contributed by atoms with Crippen LogP contribution in [0.15, 0.2) is 30.3 Å². The third kappa shape index (κ3) is 3.23. The van der Waals surface area contributed by atoms with Crippen LogP contribution < -0.4 is 5.73 Å². The molecule has 0 unspecified atom stereocenters. The number of benzene rings is 1. The summed E-state index contributed by atoms with van der Waals surface area (Å²) in [7, 11) is 1.52. The number of amides is 2. The first-order chi connectivity index (χ1) is 11.6. The molecule has 0 radical (unpaired) electrons. The number of primary amides is 1. The highest BCUT2D eigenvalue weighted by molar-refractivity contribution is 5.97. The number of nitrogens with zero attached hydrogens (tertiary/aromatic N) is 2. The molecule has 1 saturated heterocycles. The van der Waals surface area contributed by atoms with E-state index < -0.39 is 5.91 Å². The van der Waals surface area contributed by atoms with Gasteiger partial charge in [-0.2, -0.15) is 0 Å². The molecule has 0 aliphatic carbocycles. The van der Waals surface area contributed by atoms with E-state index in [1.165, 1.54) is 7.11 Å². The van der Waals surface area contributed by atoms with Crippen molar-refractivity contribution < 1.29 is 14.3 Å². The standard InChI is InChI=1S/C18H21N3O3/c1-24-11-16(22)21-8-6-12(7-9-21)17-14(18(19)23)10-13-4-2-3-5-15(13)20-17/h2-5,10,12H,6-9,11H2,1H3,(H2,19,23). The van der Waals surface area contributed by atoms with Crippen LogP contribution in [0, 0.1) is 0 Å². The Kier molecular flexibility index (Phi) is 4.76. The van der Waals surface area contributed by atoms with Gasteiger partial charge in [0.05, 0.1) is 16.8 Å². The molecule has 1 aromatic carbocycles. The molecule has 0 atom stereocenters. The molecule has 0 bridgehead atoms. The number of nitrogens with two attached hydrogens (primary N) is 1. The largest absolute Gasteiger partial charge is 0.375 e. The number of para-hydroxylation sites is 1. The van der Waals surface area contributed by atoms with Crippen LogP contribution in [0.5, 0.6) is 0 Å². The zero-order valence-electron chi connectivity index (χ0n) is 13.7. The summed E-state index contributed by atoms with van der Waals surface area (Å²) < 4.78 is 4.90. The molecule has 3 rings (SSSR count). The number of hydrogen-bond donors (Lipinski definition) is 1. The van der Waals surface area contributed by atoms with Gasteiger partial charge in [-0.05, 0) is 25.0 Å². The topological polar surface area (TPSA) is 85.5 Å². The first-order valence-electron chi connectivity index (χ1n) is 8.06. The molecule has 6 nitrogen and oxygen atoms in total. The number of pyridine rings is 1. The summed E-state index contributed by atoms with van der Waals surface area (Å²) in [6.07, 6.45) is 1.53. The summed E-state index contributed by atoms with van der Waals surface area (Å²) in [5.41, 5.74) is 7.66. The molecule has 126 valence electrons. The number of methoxy groups -OCH3 is 1. The lowest BCUT2D eigenvalue weighted by Gasteiger charge is -2.32. The fourth-order valence-corrected chi connectivity index (χ4v) is 3.26. The average Bonchev–Trinajstić information content (AvgIpc) is 2.61. The number of hydrogen-bond acceptors (Lipinski definition) is 4. The van der Waals surface area contributed by atoms with E-state index in [-0.39, 0.29) is 18.4 Å². The maximum Gasteiger partial charge on any atom is 0.250 e. The molecule has 1 fully saturated rings. The van der Waals surface area contributed by atoms with E-state index >= 15 is 0 Å². The van der Waals surface area contributed by atoms with Crippen LogP contribution in [0.2, 0.25) is 0 Å². The third-order valence-corrected chi connectivity index (χ3v) is 4.52. The number of aromatic nitrogens is 1. The number of piperidine rings is 1. The molecule has 2 aromatic rings. The van der Waals surface area contributed by atoms with Crippen LogP contribution in [-0.2, 0) is 9.53 Å². The van der Waals surface area contributed by atoms with Crippen molar-refractivity contribution in [1.82, 2.24) is 9.88 Å². The smallest absolute Gasteiger partial charge is 0.250 e. The molecule has 2 amide bonds. The highest BCUT2D eigenvalue weighted by Gasteiger charge is 2.27. The maximum atomic E-state index is 11.9. The van der Waals surface area contributed by atoms with Gasteiger partial charge in [0.2, 0.25) is 5.91 Å². The molecule has 2 heterocycles. The molecule has 1 aliphatic heterocycles. The van der Waals surface area contributed by atoms with Crippen LogP contribution in [0.25, 0.3) is 10.9 Å². The first-order valence-corrected chi connectivity index (χ1v) is 8.06. The lowest BCUT2D eigenvalue weighted by atomic mass is 9.89. The minimum atomic E-state index is -0.457. The van der Waals surface area contributed by atoms with Gasteiger partial charge >= 0.3 is 0 Å². The average molecular weight is 327 g/mol. The van der Waals surface area contributed by atoms with Gasteiger partial charge in [0, 0.05) is 31.5 Å². The van der Waals surface area contributed by atoms with Crippen molar-refractivity contribution in [2.24, 2.45) is 5.73 Å². The van der Waals surface area contributed by atoms with Gasteiger partial charge in [-0.1, -0.05) is 18.2 Å². The highest BCUT2D eigenvalue weighted by atomic mass is 16.5. The van der Waals surface area contributed by atoms with E-state index in [1.54, 1.807) is 4.90 Å². The summed E-state index contributed by atoms with van der Waals surface area (Å²) in [4.78, 5) is 30.3. The van der Waals surface area contributed by atoms with Gasteiger partial charge in [-0.15, -0.1) is 0 Å². The van der Waals surface area contributed by atoms with Gasteiger partial charge in [0.25, 0.3) is 5.91 Å². The summed E-state index contributed by atoms with van der Waals surface area (Å²) in [6.45, 7) is 1.38. The quantitative estimate of drug-likeness (QED) is 0.926. The molecule has 1 aromatic heterocycles. The Bertz CT molecular complexity index is 767. The van der Waals surface area contributed by atoms with Crippen LogP contribution in [0.1, 0.15) is 34.8 Å². The second-order valence-electron chi connectivity index (χ2n) is 6.07. The van der Waals surface area contributed by atoms with Crippen molar-refractivity contribution in [2.45, 2.75) is 18.8 Å². The SMILES string of the molecule is COCC(=O)N1CCC(c2nc3ccccc3cc2C(N)=O)CC1. The number of fused-ring (bicyclic) bond motifs is 1. The molecular weight excluding hydrogens is 306 g/mol. The van der Waals surface area contributed by atoms with E-state index in [1.807, 2.05) is 30.3 Å². The Morgan fingerprint density at radius 1 is 1.29 bits per heavy atom. The van der Waals surface area contributed by atoms with Crippen molar-refractivity contribution in [2.75, 3.05) is 26.8 Å². The fraction of sp³-hybridized carbons (Fsp3) is 0.389. The Hall–Kier alpha value is -2.47. The summed E-state index contributed by atoms with van der Waals surface area (Å²) in [6, 6.07) is 9.51. The van der Waals surface area contributed by atoms with E-state index in [0.29, 0.717) is 18.7 Å². The Labute approximate surface area is 140 Å². The Balaban J connectivity index is 1.86. The number of carbonyl (C=O) groups is 2. The maximum absolute atomic E-state index is 11.9. The van der Waals surface area contributed by atoms with Crippen molar-refractivity contribution in [1.29, 1.82) is 0 Å². The number of carbonyl (C=O) groups excluding carboxylic acids is 2. The molecule has 0 spiro atoms. The molecule has 1 aliphatic rings. The van der Waals surface area contributed by atoms with Gasteiger partial charge in [0.1, 0.15) is 6.61 Å². The second-order valence-corrected chi connectivity index (χ2v) is 6.07. The number of ether oxygens (including phenoxy) is 1. The predicted molar refractivity (Wildman–Crippen MR) is 90.7 cm³/mol. The summed E-state index contributed by atoms with van der Waals surface area (Å²) in [5.74, 6) is -0.331. The van der Waals surface area contributed by atoms with Crippen LogP contribution in [-0.4, -0.2) is 48.5 Å². The monoisotopic (exact) mass is 327 g/mol. The number of rotatable bonds is 4. The lowest BCUT2D eigenvalue weighted by Crippen LogP contribution is -2.40. The van der Waals surface area contributed by atoms with Gasteiger partial charge in [-0.3, -0.25) is 14.6 Å². The van der Waals surface area contributed by atoms with Crippen molar-refractivity contribution in [3.8, 4) is 0 Å². The van der Waals surface area contributed by atoms with Gasteiger partial charge in [0.15, 0.2) is 0 Å². The molecule has 0 saturated carbocycles. The Morgan fingerprint density at radius 3 is 2.67 bits per heavy atom. The van der Waals surface area contributed by atoms with Crippen LogP contribution >= 0.6 is 0 Å². The first kappa shape index (κ1) is 16.4. The zero-order valence-corrected chi connectivity index (χ0v) is 13.7. The minimum Gasteiger partial charge on any atom is -0.375 e. The van der Waals surface area contributed by atoms with E-state index in [2.05, 4.69) is 0 Å². The second kappa shape index (κ2) is 6.97. The number of likely N-dealkylation sites (tertiary alicyclic amines) is 1. The van der Waals surface area contributed by atoms with Gasteiger partial charge in [-0.25, -0.2) is 0 Å². The van der Waals surface area contributed by atoms with E-state index in [0.717, 1.165) is 29.4 Å². The fourth-order valence-electron chi connectivity index (χ4n) is 3.26. The van der Waals surface area contributed by atoms with Crippen LogP contribution in [0.3, 0.4) is 0 Å². The summed E-state index contributed by atoms with van der Waals surface area (Å²) >= 11 is 0. The van der Waals surface area contributed by atoms with Gasteiger partial charge < -0.3 is 15.4 Å². The van der Waals surface area contributed by atoms with Crippen molar-refractivity contribution >= 4 is 22.7 Å². The molecule has 24 heavy (non-hydrogen) atoms. The van der Waals surface area contributed by atoms with Crippen molar-refractivity contribution in [3.05, 3.63) is 41.6 Å². The predicted octanol–water partition coefficient (Wildman–Crippen LogP) is 1.69.